The van der Waals surface area contributed by atoms with Gasteiger partial charge in [0.1, 0.15) is 0 Å². The van der Waals surface area contributed by atoms with Gasteiger partial charge in [-0.15, -0.1) is 0 Å². The second-order valence-electron chi connectivity index (χ2n) is 7.32. The van der Waals surface area contributed by atoms with Crippen molar-refractivity contribution in [2.75, 3.05) is 45.6 Å². The van der Waals surface area contributed by atoms with Gasteiger partial charge >= 0.3 is 6.03 Å². The molecule has 7 nitrogen and oxygen atoms in total. The van der Waals surface area contributed by atoms with Crippen molar-refractivity contribution >= 4 is 17.6 Å². The van der Waals surface area contributed by atoms with Crippen molar-refractivity contribution in [2.45, 2.75) is 38.2 Å². The van der Waals surface area contributed by atoms with Gasteiger partial charge in [0.05, 0.1) is 6.10 Å². The second-order valence-corrected chi connectivity index (χ2v) is 7.32. The molecule has 1 aliphatic heterocycles. The zero-order chi connectivity index (χ0) is 19.6. The summed E-state index contributed by atoms with van der Waals surface area (Å²) in [6, 6.07) is 7.35. The Balaban J connectivity index is 1.63. The summed E-state index contributed by atoms with van der Waals surface area (Å²) in [5.74, 6) is 0.107. The molecular weight excluding hydrogens is 344 g/mol. The van der Waals surface area contributed by atoms with Crippen LogP contribution in [0.1, 0.15) is 31.2 Å². The summed E-state index contributed by atoms with van der Waals surface area (Å²) in [6.07, 6.45) is 3.75. The molecule has 0 bridgehead atoms. The maximum Gasteiger partial charge on any atom is 0.319 e. The summed E-state index contributed by atoms with van der Waals surface area (Å²) in [5, 5.41) is 15.3. The van der Waals surface area contributed by atoms with Crippen molar-refractivity contribution in [1.82, 2.24) is 15.1 Å². The van der Waals surface area contributed by atoms with E-state index in [1.54, 1.807) is 19.0 Å². The van der Waals surface area contributed by atoms with Crippen LogP contribution in [-0.4, -0.2) is 73.2 Å². The molecule has 3 N–H and O–H groups in total. The summed E-state index contributed by atoms with van der Waals surface area (Å²) in [5.41, 5.74) is 1.80. The zero-order valence-electron chi connectivity index (χ0n) is 16.4. The summed E-state index contributed by atoms with van der Waals surface area (Å²) in [7, 11) is 3.51. The standard InChI is InChI=1S/C20H32N4O3/c1-23(2)19(26)11-8-16-6-9-17(10-7-16)22-20(27)21-12-4-14-24-13-3-5-18(25)15-24/h6-7,9-10,18,25H,3-5,8,11-15H2,1-2H3,(H2,21,22,27). The first-order valence-electron chi connectivity index (χ1n) is 9.68. The molecule has 1 atom stereocenters. The van der Waals surface area contributed by atoms with Gasteiger partial charge in [-0.25, -0.2) is 4.79 Å². The Morgan fingerprint density at radius 3 is 2.67 bits per heavy atom. The lowest BCUT2D eigenvalue weighted by Gasteiger charge is -2.29. The Bertz CT molecular complexity index is 604. The molecule has 7 heteroatoms. The first kappa shape index (κ1) is 21.2. The van der Waals surface area contributed by atoms with Crippen molar-refractivity contribution in [2.24, 2.45) is 0 Å². The van der Waals surface area contributed by atoms with Gasteiger partial charge in [0, 0.05) is 39.3 Å². The Kier molecular flexibility index (Phi) is 8.54. The molecule has 2 rings (SSSR count). The van der Waals surface area contributed by atoms with Crippen molar-refractivity contribution in [3.8, 4) is 0 Å². The van der Waals surface area contributed by atoms with Crippen LogP contribution in [0.5, 0.6) is 0 Å². The largest absolute Gasteiger partial charge is 0.392 e. The fourth-order valence-electron chi connectivity index (χ4n) is 3.14. The van der Waals surface area contributed by atoms with Crippen LogP contribution >= 0.6 is 0 Å². The maximum atomic E-state index is 12.0. The van der Waals surface area contributed by atoms with Gasteiger partial charge in [-0.05, 0) is 56.5 Å². The van der Waals surface area contributed by atoms with Gasteiger partial charge in [0.2, 0.25) is 5.91 Å². The number of β-amino-alcohol motifs (C(OH)–C–C–N with tert-alkyl or cyclic N) is 1. The Morgan fingerprint density at radius 2 is 2.00 bits per heavy atom. The van der Waals surface area contributed by atoms with Gasteiger partial charge in [-0.1, -0.05) is 12.1 Å². The molecule has 27 heavy (non-hydrogen) atoms. The number of hydrogen-bond donors (Lipinski definition) is 3. The molecule has 0 spiro atoms. The predicted octanol–water partition coefficient (Wildman–Crippen LogP) is 1.68. The maximum absolute atomic E-state index is 12.0. The van der Waals surface area contributed by atoms with E-state index in [1.807, 2.05) is 24.3 Å². The first-order chi connectivity index (χ1) is 12.9. The Hall–Kier alpha value is -2.12. The highest BCUT2D eigenvalue weighted by atomic mass is 16.3. The molecule has 1 unspecified atom stereocenters. The van der Waals surface area contributed by atoms with Crippen LogP contribution in [0.4, 0.5) is 10.5 Å². The summed E-state index contributed by atoms with van der Waals surface area (Å²) in [4.78, 5) is 27.4. The Labute approximate surface area is 161 Å². The fraction of sp³-hybridized carbons (Fsp3) is 0.600. The number of urea groups is 1. The second kappa shape index (κ2) is 10.9. The lowest BCUT2D eigenvalue weighted by molar-refractivity contribution is -0.128. The molecule has 1 aliphatic rings. The van der Waals surface area contributed by atoms with Crippen molar-refractivity contribution in [1.29, 1.82) is 0 Å². The van der Waals surface area contributed by atoms with Crippen LogP contribution in [0.3, 0.4) is 0 Å². The van der Waals surface area contributed by atoms with Gasteiger partial charge < -0.3 is 25.5 Å². The number of amides is 3. The third kappa shape index (κ3) is 7.97. The molecule has 0 radical (unpaired) electrons. The number of hydrogen-bond acceptors (Lipinski definition) is 4. The van der Waals surface area contributed by atoms with E-state index in [-0.39, 0.29) is 18.0 Å². The summed E-state index contributed by atoms with van der Waals surface area (Å²) < 4.78 is 0. The van der Waals surface area contributed by atoms with Crippen molar-refractivity contribution in [3.63, 3.8) is 0 Å². The van der Waals surface area contributed by atoms with Crippen LogP contribution in [0, 0.1) is 0 Å². The number of carbonyl (C=O) groups excluding carboxylic acids is 2. The van der Waals surface area contributed by atoms with E-state index in [9.17, 15) is 14.7 Å². The average molecular weight is 377 g/mol. The number of anilines is 1. The van der Waals surface area contributed by atoms with E-state index >= 15 is 0 Å². The van der Waals surface area contributed by atoms with E-state index in [0.29, 0.717) is 19.4 Å². The van der Waals surface area contributed by atoms with E-state index < -0.39 is 0 Å². The molecule has 1 saturated heterocycles. The van der Waals surface area contributed by atoms with E-state index in [1.165, 1.54) is 0 Å². The lowest BCUT2D eigenvalue weighted by Crippen LogP contribution is -2.40. The molecular formula is C20H32N4O3. The van der Waals surface area contributed by atoms with Crippen LogP contribution in [-0.2, 0) is 11.2 Å². The summed E-state index contributed by atoms with van der Waals surface area (Å²) in [6.45, 7) is 3.25. The molecule has 3 amide bonds. The minimum Gasteiger partial charge on any atom is -0.392 e. The normalized spacial score (nSPS) is 17.4. The number of aliphatic hydroxyl groups excluding tert-OH is 1. The quantitative estimate of drug-likeness (QED) is 0.603. The topological polar surface area (TPSA) is 84.9 Å². The molecule has 150 valence electrons. The number of piperidine rings is 1. The fourth-order valence-corrected chi connectivity index (χ4v) is 3.14. The van der Waals surface area contributed by atoms with E-state index in [0.717, 1.165) is 50.1 Å². The minimum absolute atomic E-state index is 0.107. The predicted molar refractivity (Wildman–Crippen MR) is 107 cm³/mol. The average Bonchev–Trinajstić information content (AvgIpc) is 2.64. The van der Waals surface area contributed by atoms with Gasteiger partial charge in [0.25, 0.3) is 0 Å². The number of aryl methyl sites for hydroxylation is 1. The Morgan fingerprint density at radius 1 is 1.26 bits per heavy atom. The number of benzene rings is 1. The zero-order valence-corrected chi connectivity index (χ0v) is 16.4. The number of carbonyl (C=O) groups is 2. The number of nitrogens with zero attached hydrogens (tertiary/aromatic N) is 2. The van der Waals surface area contributed by atoms with Crippen LogP contribution < -0.4 is 10.6 Å². The first-order valence-corrected chi connectivity index (χ1v) is 9.68. The van der Waals surface area contributed by atoms with E-state index in [2.05, 4.69) is 15.5 Å². The number of rotatable bonds is 8. The van der Waals surface area contributed by atoms with Crippen LogP contribution in [0.15, 0.2) is 24.3 Å². The SMILES string of the molecule is CN(C)C(=O)CCc1ccc(NC(=O)NCCCN2CCCC(O)C2)cc1. The van der Waals surface area contributed by atoms with Crippen molar-refractivity contribution in [3.05, 3.63) is 29.8 Å². The third-order valence-electron chi connectivity index (χ3n) is 4.76. The van der Waals surface area contributed by atoms with Gasteiger partial charge in [0.15, 0.2) is 0 Å². The highest BCUT2D eigenvalue weighted by Crippen LogP contribution is 2.12. The molecule has 0 aliphatic carbocycles. The molecule has 1 aromatic rings. The van der Waals surface area contributed by atoms with Crippen LogP contribution in [0.25, 0.3) is 0 Å². The molecule has 1 aromatic carbocycles. The van der Waals surface area contributed by atoms with Gasteiger partial charge in [-0.2, -0.15) is 0 Å². The van der Waals surface area contributed by atoms with Crippen molar-refractivity contribution < 1.29 is 14.7 Å². The number of likely N-dealkylation sites (tertiary alicyclic amines) is 1. The minimum atomic E-state index is -0.218. The molecule has 0 saturated carbocycles. The number of nitrogens with one attached hydrogen (secondary N) is 2. The van der Waals surface area contributed by atoms with Gasteiger partial charge in [-0.3, -0.25) is 4.79 Å². The number of aliphatic hydroxyl groups is 1. The monoisotopic (exact) mass is 376 g/mol. The molecule has 0 aromatic heterocycles. The van der Waals surface area contributed by atoms with E-state index in [4.69, 9.17) is 0 Å². The highest BCUT2D eigenvalue weighted by Gasteiger charge is 2.16. The third-order valence-corrected chi connectivity index (χ3v) is 4.76. The lowest BCUT2D eigenvalue weighted by atomic mass is 10.1. The smallest absolute Gasteiger partial charge is 0.319 e. The summed E-state index contributed by atoms with van der Waals surface area (Å²) >= 11 is 0. The molecule has 1 heterocycles. The highest BCUT2D eigenvalue weighted by molar-refractivity contribution is 5.89. The van der Waals surface area contributed by atoms with Crippen LogP contribution in [0.2, 0.25) is 0 Å². The molecule has 1 fully saturated rings.